The van der Waals surface area contributed by atoms with E-state index in [1.54, 1.807) is 73.8 Å². The summed E-state index contributed by atoms with van der Waals surface area (Å²) in [7, 11) is -0.545. The quantitative estimate of drug-likeness (QED) is 0.516. The maximum absolute atomic E-state index is 12.7. The van der Waals surface area contributed by atoms with Crippen LogP contribution in [0, 0.1) is 0 Å². The number of carbonyl (C=O) groups is 1. The molecule has 0 unspecified atom stereocenters. The molecule has 0 radical (unpaired) electrons. The fourth-order valence-corrected chi connectivity index (χ4v) is 4.13. The number of ether oxygens (including phenoxy) is 2. The van der Waals surface area contributed by atoms with Gasteiger partial charge in [-0.25, -0.2) is 8.42 Å². The molecule has 0 aliphatic heterocycles. The van der Waals surface area contributed by atoms with E-state index in [2.05, 4.69) is 5.32 Å². The molecule has 1 N–H and O–H groups in total. The molecule has 1 amide bonds. The van der Waals surface area contributed by atoms with Gasteiger partial charge in [0.2, 0.25) is 10.0 Å². The minimum atomic E-state index is -3.58. The summed E-state index contributed by atoms with van der Waals surface area (Å²) in [6, 6.07) is 18.4. The van der Waals surface area contributed by atoms with Crippen LogP contribution in [0.2, 0.25) is 5.02 Å². The van der Waals surface area contributed by atoms with Crippen molar-refractivity contribution in [1.82, 2.24) is 0 Å². The zero-order valence-electron chi connectivity index (χ0n) is 17.8. The summed E-state index contributed by atoms with van der Waals surface area (Å²) in [4.78, 5) is 12.7. The van der Waals surface area contributed by atoms with Gasteiger partial charge in [0.1, 0.15) is 11.5 Å². The zero-order valence-corrected chi connectivity index (χ0v) is 19.4. The van der Waals surface area contributed by atoms with Crippen molar-refractivity contribution in [2.45, 2.75) is 6.54 Å². The number of anilines is 2. The Morgan fingerprint density at radius 3 is 2.28 bits per heavy atom. The van der Waals surface area contributed by atoms with Gasteiger partial charge in [0, 0.05) is 16.7 Å². The summed E-state index contributed by atoms with van der Waals surface area (Å²) in [5.41, 5.74) is 1.94. The largest absolute Gasteiger partial charge is 0.497 e. The van der Waals surface area contributed by atoms with Gasteiger partial charge >= 0.3 is 0 Å². The van der Waals surface area contributed by atoms with E-state index < -0.39 is 10.0 Å². The molecule has 0 aromatic heterocycles. The molecule has 0 aliphatic carbocycles. The van der Waals surface area contributed by atoms with E-state index >= 15 is 0 Å². The van der Waals surface area contributed by atoms with Gasteiger partial charge in [-0.1, -0.05) is 29.8 Å². The summed E-state index contributed by atoms with van der Waals surface area (Å²) in [5, 5.41) is 3.26. The Kier molecular flexibility index (Phi) is 7.27. The molecule has 3 aromatic carbocycles. The molecule has 0 fully saturated rings. The zero-order chi connectivity index (χ0) is 23.3. The summed E-state index contributed by atoms with van der Waals surface area (Å²) in [6.07, 6.45) is 1.13. The molecule has 3 aromatic rings. The molecule has 7 nitrogen and oxygen atoms in total. The van der Waals surface area contributed by atoms with Crippen molar-refractivity contribution in [1.29, 1.82) is 0 Å². The highest BCUT2D eigenvalue weighted by atomic mass is 35.5. The third kappa shape index (κ3) is 5.52. The van der Waals surface area contributed by atoms with Crippen molar-refractivity contribution in [3.05, 3.63) is 82.9 Å². The fraction of sp³-hybridized carbons (Fsp3) is 0.174. The first kappa shape index (κ1) is 23.4. The van der Waals surface area contributed by atoms with Crippen LogP contribution >= 0.6 is 11.6 Å². The number of sulfonamides is 1. The number of methoxy groups -OCH3 is 2. The number of hydrogen-bond donors (Lipinski definition) is 1. The van der Waals surface area contributed by atoms with Crippen LogP contribution < -0.4 is 19.1 Å². The van der Waals surface area contributed by atoms with Crippen LogP contribution in [0.25, 0.3) is 0 Å². The number of nitrogens with one attached hydrogen (secondary N) is 1. The number of amides is 1. The molecule has 0 aliphatic rings. The Hall–Kier alpha value is -3.23. The van der Waals surface area contributed by atoms with E-state index in [4.69, 9.17) is 21.1 Å². The van der Waals surface area contributed by atoms with Crippen LogP contribution in [0.4, 0.5) is 11.4 Å². The van der Waals surface area contributed by atoms with E-state index in [9.17, 15) is 13.2 Å². The van der Waals surface area contributed by atoms with Crippen molar-refractivity contribution in [2.75, 3.05) is 30.1 Å². The molecule has 0 heterocycles. The number of benzene rings is 3. The van der Waals surface area contributed by atoms with Gasteiger partial charge in [0.25, 0.3) is 5.91 Å². The second-order valence-electron chi connectivity index (χ2n) is 6.93. The van der Waals surface area contributed by atoms with Crippen LogP contribution in [-0.4, -0.2) is 34.8 Å². The molecule has 0 saturated carbocycles. The Morgan fingerprint density at radius 1 is 1.00 bits per heavy atom. The van der Waals surface area contributed by atoms with E-state index in [1.807, 2.05) is 0 Å². The minimum absolute atomic E-state index is 0.0765. The highest BCUT2D eigenvalue weighted by Gasteiger charge is 2.20. The monoisotopic (exact) mass is 474 g/mol. The van der Waals surface area contributed by atoms with E-state index in [-0.39, 0.29) is 12.5 Å². The highest BCUT2D eigenvalue weighted by Crippen LogP contribution is 2.30. The average molecular weight is 475 g/mol. The van der Waals surface area contributed by atoms with Gasteiger partial charge in [0.15, 0.2) is 0 Å². The van der Waals surface area contributed by atoms with Gasteiger partial charge in [-0.05, 0) is 48.0 Å². The Labute approximate surface area is 192 Å². The predicted molar refractivity (Wildman–Crippen MR) is 126 cm³/mol. The van der Waals surface area contributed by atoms with Gasteiger partial charge in [0.05, 0.1) is 38.4 Å². The molecule has 0 spiro atoms. The number of rotatable bonds is 8. The lowest BCUT2D eigenvalue weighted by molar-refractivity contribution is 0.102. The molecule has 9 heteroatoms. The normalized spacial score (nSPS) is 11.0. The first-order valence-corrected chi connectivity index (χ1v) is 11.8. The first-order valence-electron chi connectivity index (χ1n) is 9.57. The van der Waals surface area contributed by atoms with Gasteiger partial charge in [-0.3, -0.25) is 9.10 Å². The Bertz CT molecular complexity index is 1210. The van der Waals surface area contributed by atoms with E-state index in [0.717, 1.165) is 6.26 Å². The predicted octanol–water partition coefficient (Wildman–Crippen LogP) is 4.58. The summed E-state index contributed by atoms with van der Waals surface area (Å²) in [5.74, 6) is 0.693. The number of hydrogen-bond acceptors (Lipinski definition) is 5. The lowest BCUT2D eigenvalue weighted by Crippen LogP contribution is -2.29. The highest BCUT2D eigenvalue weighted by molar-refractivity contribution is 7.92. The van der Waals surface area contributed by atoms with Crippen LogP contribution in [0.15, 0.2) is 66.7 Å². The second-order valence-corrected chi connectivity index (χ2v) is 9.24. The average Bonchev–Trinajstić information content (AvgIpc) is 2.78. The van der Waals surface area contributed by atoms with E-state index in [0.29, 0.717) is 39.0 Å². The molecule has 0 atom stereocenters. The van der Waals surface area contributed by atoms with Crippen LogP contribution in [0.5, 0.6) is 11.5 Å². The lowest BCUT2D eigenvalue weighted by atomic mass is 10.1. The van der Waals surface area contributed by atoms with Crippen LogP contribution in [0.1, 0.15) is 15.9 Å². The lowest BCUT2D eigenvalue weighted by Gasteiger charge is -2.23. The Morgan fingerprint density at radius 2 is 1.69 bits per heavy atom. The van der Waals surface area contributed by atoms with Crippen LogP contribution in [-0.2, 0) is 16.6 Å². The molecule has 168 valence electrons. The maximum Gasteiger partial charge on any atom is 0.255 e. The summed E-state index contributed by atoms with van der Waals surface area (Å²) in [6.45, 7) is 0.0765. The van der Waals surface area contributed by atoms with Crippen molar-refractivity contribution in [2.24, 2.45) is 0 Å². The van der Waals surface area contributed by atoms with Crippen molar-refractivity contribution < 1.29 is 22.7 Å². The molecule has 32 heavy (non-hydrogen) atoms. The molecule has 3 rings (SSSR count). The topological polar surface area (TPSA) is 84.9 Å². The van der Waals surface area contributed by atoms with Gasteiger partial charge in [-0.15, -0.1) is 0 Å². The number of halogens is 1. The third-order valence-corrected chi connectivity index (χ3v) is 6.26. The standard InChI is InChI=1S/C23H23ClN2O5S/c1-30-19-12-13-21(22(14-19)31-2)25-23(27)16-8-10-18(11-9-16)26(32(3,28)29)15-17-6-4-5-7-20(17)24/h4-14H,15H2,1-3H3,(H,25,27). The second kappa shape index (κ2) is 9.93. The fourth-order valence-electron chi connectivity index (χ4n) is 3.06. The molecular weight excluding hydrogens is 452 g/mol. The molecule has 0 bridgehead atoms. The van der Waals surface area contributed by atoms with Crippen LogP contribution in [0.3, 0.4) is 0 Å². The number of carbonyl (C=O) groups excluding carboxylic acids is 1. The van der Waals surface area contributed by atoms with Crippen molar-refractivity contribution in [3.8, 4) is 11.5 Å². The third-order valence-electron chi connectivity index (χ3n) is 4.75. The molecular formula is C23H23ClN2O5S. The molecule has 0 saturated heterocycles. The van der Waals surface area contributed by atoms with E-state index in [1.165, 1.54) is 11.4 Å². The summed E-state index contributed by atoms with van der Waals surface area (Å²) >= 11 is 6.20. The van der Waals surface area contributed by atoms with Crippen molar-refractivity contribution >= 4 is 38.9 Å². The summed E-state index contributed by atoms with van der Waals surface area (Å²) < 4.78 is 36.5. The van der Waals surface area contributed by atoms with Gasteiger partial charge < -0.3 is 14.8 Å². The Balaban J connectivity index is 1.82. The first-order chi connectivity index (χ1) is 15.2. The van der Waals surface area contributed by atoms with Crippen molar-refractivity contribution in [3.63, 3.8) is 0 Å². The smallest absolute Gasteiger partial charge is 0.255 e. The number of nitrogens with zero attached hydrogens (tertiary/aromatic N) is 1. The minimum Gasteiger partial charge on any atom is -0.497 e. The SMILES string of the molecule is COc1ccc(NC(=O)c2ccc(N(Cc3ccccc3Cl)S(C)(=O)=O)cc2)c(OC)c1. The maximum atomic E-state index is 12.7. The van der Waals surface area contributed by atoms with Gasteiger partial charge in [-0.2, -0.15) is 0 Å².